The molecule has 0 saturated carbocycles. The molecule has 1 atom stereocenters. The second-order valence-corrected chi connectivity index (χ2v) is 6.95. The van der Waals surface area contributed by atoms with Crippen LogP contribution in [0.3, 0.4) is 0 Å². The zero-order chi connectivity index (χ0) is 16.8. The summed E-state index contributed by atoms with van der Waals surface area (Å²) in [5.41, 5.74) is 0.903. The van der Waals surface area contributed by atoms with Crippen LogP contribution in [0.1, 0.15) is 11.1 Å². The van der Waals surface area contributed by atoms with Gasteiger partial charge in [-0.2, -0.15) is 9.61 Å². The summed E-state index contributed by atoms with van der Waals surface area (Å²) in [6.45, 7) is 0.414. The van der Waals surface area contributed by atoms with Crippen LogP contribution in [0.5, 0.6) is 11.5 Å². The highest BCUT2D eigenvalue weighted by atomic mass is 35.5. The van der Waals surface area contributed by atoms with E-state index in [1.165, 1.54) is 11.3 Å². The zero-order valence-electron chi connectivity index (χ0n) is 12.8. The van der Waals surface area contributed by atoms with Crippen molar-refractivity contribution in [1.29, 1.82) is 0 Å². The van der Waals surface area contributed by atoms with Gasteiger partial charge in [-0.05, 0) is 36.4 Å². The van der Waals surface area contributed by atoms with Crippen molar-refractivity contribution in [3.8, 4) is 22.9 Å². The summed E-state index contributed by atoms with van der Waals surface area (Å²) in [5, 5.41) is 14.6. The molecular weight excluding hydrogens is 360 g/mol. The Bertz CT molecular complexity index is 1060. The van der Waals surface area contributed by atoms with Gasteiger partial charge in [0.05, 0.1) is 0 Å². The summed E-state index contributed by atoms with van der Waals surface area (Å²) in [7, 11) is 0. The van der Waals surface area contributed by atoms with E-state index < -0.39 is 0 Å². The molecule has 0 bridgehead atoms. The van der Waals surface area contributed by atoms with Gasteiger partial charge < -0.3 is 9.47 Å². The number of benzene rings is 2. The molecule has 0 amide bonds. The van der Waals surface area contributed by atoms with Crippen molar-refractivity contribution in [1.82, 2.24) is 19.8 Å². The predicted molar refractivity (Wildman–Crippen MR) is 94.4 cm³/mol. The number of rotatable bonds is 2. The fraction of sp³-hybridized carbons (Fsp3) is 0.118. The Kier molecular flexibility index (Phi) is 3.36. The lowest BCUT2D eigenvalue weighted by Crippen LogP contribution is -2.21. The molecule has 6 nitrogen and oxygen atoms in total. The van der Waals surface area contributed by atoms with Crippen LogP contribution in [0.2, 0.25) is 5.02 Å². The van der Waals surface area contributed by atoms with Gasteiger partial charge in [0.1, 0.15) is 6.61 Å². The molecule has 2 aromatic heterocycles. The highest BCUT2D eigenvalue weighted by Crippen LogP contribution is 2.37. The normalized spacial score (nSPS) is 16.3. The van der Waals surface area contributed by atoms with Gasteiger partial charge in [-0.3, -0.25) is 0 Å². The first-order chi connectivity index (χ1) is 12.3. The van der Waals surface area contributed by atoms with Gasteiger partial charge in [-0.15, -0.1) is 10.2 Å². The van der Waals surface area contributed by atoms with Gasteiger partial charge in [-0.25, -0.2) is 0 Å². The lowest BCUT2D eigenvalue weighted by atomic mass is 10.2. The number of nitrogens with zero attached hydrogens (tertiary/aromatic N) is 4. The molecule has 124 valence electrons. The van der Waals surface area contributed by atoms with Crippen LogP contribution < -0.4 is 9.47 Å². The Morgan fingerprint density at radius 1 is 1.04 bits per heavy atom. The third-order valence-electron chi connectivity index (χ3n) is 3.89. The summed E-state index contributed by atoms with van der Waals surface area (Å²) in [5.74, 6) is 2.15. The topological polar surface area (TPSA) is 61.5 Å². The van der Waals surface area contributed by atoms with Gasteiger partial charge in [0, 0.05) is 10.6 Å². The minimum absolute atomic E-state index is 0.264. The quantitative estimate of drug-likeness (QED) is 0.533. The van der Waals surface area contributed by atoms with Crippen LogP contribution in [-0.4, -0.2) is 26.4 Å². The van der Waals surface area contributed by atoms with E-state index in [1.54, 1.807) is 4.52 Å². The second-order valence-electron chi connectivity index (χ2n) is 5.53. The van der Waals surface area contributed by atoms with Crippen molar-refractivity contribution < 1.29 is 9.47 Å². The van der Waals surface area contributed by atoms with Crippen molar-refractivity contribution in [2.45, 2.75) is 6.10 Å². The van der Waals surface area contributed by atoms with Crippen molar-refractivity contribution >= 4 is 27.9 Å². The summed E-state index contributed by atoms with van der Waals surface area (Å²) in [6, 6.07) is 15.1. The van der Waals surface area contributed by atoms with Gasteiger partial charge >= 0.3 is 0 Å². The fourth-order valence-corrected chi connectivity index (χ4v) is 3.66. The van der Waals surface area contributed by atoms with Crippen LogP contribution in [0.25, 0.3) is 16.3 Å². The smallest absolute Gasteiger partial charge is 0.235 e. The van der Waals surface area contributed by atoms with Crippen molar-refractivity contribution in [3.63, 3.8) is 0 Å². The van der Waals surface area contributed by atoms with Crippen LogP contribution in [0.15, 0.2) is 48.5 Å². The van der Waals surface area contributed by atoms with Gasteiger partial charge in [0.15, 0.2) is 28.4 Å². The molecule has 8 heteroatoms. The Balaban J connectivity index is 1.51. The van der Waals surface area contributed by atoms with E-state index in [2.05, 4.69) is 15.3 Å². The van der Waals surface area contributed by atoms with Gasteiger partial charge in [-0.1, -0.05) is 35.1 Å². The van der Waals surface area contributed by atoms with E-state index in [-0.39, 0.29) is 6.10 Å². The molecule has 5 rings (SSSR count). The lowest BCUT2D eigenvalue weighted by Gasteiger charge is -2.24. The maximum Gasteiger partial charge on any atom is 0.235 e. The molecule has 4 aromatic rings. The SMILES string of the molecule is Clc1ccc(-c2nnc3sc([C@@H]4COc5ccccc5O4)nn23)cc1. The predicted octanol–water partition coefficient (Wildman–Crippen LogP) is 4.02. The molecule has 0 radical (unpaired) electrons. The molecule has 0 N–H and O–H groups in total. The Labute approximate surface area is 151 Å². The van der Waals surface area contributed by atoms with Gasteiger partial charge in [0.2, 0.25) is 4.96 Å². The molecule has 0 spiro atoms. The molecule has 1 aliphatic heterocycles. The molecule has 0 saturated heterocycles. The number of hydrogen-bond donors (Lipinski definition) is 0. The maximum atomic E-state index is 6.02. The molecule has 25 heavy (non-hydrogen) atoms. The molecule has 0 unspecified atom stereocenters. The maximum absolute atomic E-state index is 6.02. The van der Waals surface area contributed by atoms with E-state index in [1.807, 2.05) is 48.5 Å². The molecule has 3 heterocycles. The average Bonchev–Trinajstić information content (AvgIpc) is 3.23. The number of aromatic nitrogens is 4. The molecule has 2 aromatic carbocycles. The van der Waals surface area contributed by atoms with E-state index in [0.29, 0.717) is 22.4 Å². The zero-order valence-corrected chi connectivity index (χ0v) is 14.4. The van der Waals surface area contributed by atoms with Crippen LogP contribution >= 0.6 is 22.9 Å². The second kappa shape index (κ2) is 5.72. The molecule has 0 aliphatic carbocycles. The number of para-hydroxylation sites is 2. The van der Waals surface area contributed by atoms with E-state index in [9.17, 15) is 0 Å². The number of ether oxygens (including phenoxy) is 2. The molecular formula is C17H11ClN4O2S. The van der Waals surface area contributed by atoms with Crippen LogP contribution in [0, 0.1) is 0 Å². The first-order valence-electron chi connectivity index (χ1n) is 7.64. The van der Waals surface area contributed by atoms with Crippen molar-refractivity contribution in [3.05, 3.63) is 58.6 Å². The van der Waals surface area contributed by atoms with E-state index >= 15 is 0 Å². The summed E-state index contributed by atoms with van der Waals surface area (Å²) < 4.78 is 13.5. The Morgan fingerprint density at radius 2 is 1.84 bits per heavy atom. The van der Waals surface area contributed by atoms with Crippen molar-refractivity contribution in [2.24, 2.45) is 0 Å². The standard InChI is InChI=1S/C17H11ClN4O2S/c18-11-7-5-10(6-8-11)15-19-20-17-22(15)21-16(25-17)14-9-23-12-3-1-2-4-13(12)24-14/h1-8,14H,9H2/t14-/m0/s1. The lowest BCUT2D eigenvalue weighted by molar-refractivity contribution is 0.0904. The van der Waals surface area contributed by atoms with Gasteiger partial charge in [0.25, 0.3) is 0 Å². The monoisotopic (exact) mass is 370 g/mol. The van der Waals surface area contributed by atoms with Crippen molar-refractivity contribution in [2.75, 3.05) is 6.61 Å². The number of halogens is 1. The minimum atomic E-state index is -0.264. The highest BCUT2D eigenvalue weighted by molar-refractivity contribution is 7.16. The van der Waals surface area contributed by atoms with E-state index in [4.69, 9.17) is 21.1 Å². The third-order valence-corrected chi connectivity index (χ3v) is 5.14. The third kappa shape index (κ3) is 2.52. The Hall–Kier alpha value is -2.64. The highest BCUT2D eigenvalue weighted by Gasteiger charge is 2.27. The molecule has 1 aliphatic rings. The van der Waals surface area contributed by atoms with Crippen LogP contribution in [-0.2, 0) is 0 Å². The minimum Gasteiger partial charge on any atom is -0.485 e. The van der Waals surface area contributed by atoms with Crippen LogP contribution in [0.4, 0.5) is 0 Å². The van der Waals surface area contributed by atoms with E-state index in [0.717, 1.165) is 22.1 Å². The largest absolute Gasteiger partial charge is 0.485 e. The number of fused-ring (bicyclic) bond motifs is 2. The summed E-state index contributed by atoms with van der Waals surface area (Å²) >= 11 is 7.40. The number of hydrogen-bond acceptors (Lipinski definition) is 6. The first kappa shape index (κ1) is 14.7. The summed E-state index contributed by atoms with van der Waals surface area (Å²) in [4.78, 5) is 0.711. The average molecular weight is 371 g/mol. The summed E-state index contributed by atoms with van der Waals surface area (Å²) in [6.07, 6.45) is -0.264. The Morgan fingerprint density at radius 3 is 2.68 bits per heavy atom. The fourth-order valence-electron chi connectivity index (χ4n) is 2.68. The first-order valence-corrected chi connectivity index (χ1v) is 8.84. The molecule has 0 fully saturated rings.